The molecule has 0 bridgehead atoms. The fourth-order valence-electron chi connectivity index (χ4n) is 2.75. The number of hydrogen-bond acceptors (Lipinski definition) is 5. The Morgan fingerprint density at radius 1 is 1.03 bits per heavy atom. The van der Waals surface area contributed by atoms with Crippen LogP contribution in [0.25, 0.3) is 0 Å². The highest BCUT2D eigenvalue weighted by Crippen LogP contribution is 2.21. The van der Waals surface area contributed by atoms with Gasteiger partial charge >= 0.3 is 6.03 Å². The molecule has 33 heavy (non-hydrogen) atoms. The van der Waals surface area contributed by atoms with E-state index in [1.54, 1.807) is 18.2 Å². The maximum absolute atomic E-state index is 13.8. The number of hydroxylamine groups is 1. The summed E-state index contributed by atoms with van der Waals surface area (Å²) >= 11 is 0. The van der Waals surface area contributed by atoms with Crippen LogP contribution in [-0.2, 0) is 4.79 Å². The van der Waals surface area contributed by atoms with E-state index in [1.165, 1.54) is 42.9 Å². The number of halogens is 2. The number of para-hydroxylation sites is 1. The monoisotopic (exact) mass is 460 g/mol. The number of phenolic OH excluding ortho intramolecular Hbond substituents is 1. The normalized spacial score (nSPS) is 13.0. The van der Waals surface area contributed by atoms with Crippen molar-refractivity contribution in [1.29, 1.82) is 0 Å². The third kappa shape index (κ3) is 6.18. The molecule has 0 aliphatic rings. The molecule has 0 heterocycles. The Morgan fingerprint density at radius 2 is 1.67 bits per heavy atom. The molecular weight excluding hydrogens is 438 g/mol. The number of rotatable bonds is 6. The molecule has 2 aromatic rings. The van der Waals surface area contributed by atoms with Gasteiger partial charge in [-0.25, -0.2) is 19.1 Å². The fraction of sp³-hybridized carbons (Fsp3) is 0.227. The molecule has 174 valence electrons. The number of nitrogens with one attached hydrogen (secondary N) is 4. The molecule has 0 aliphatic heterocycles. The average Bonchev–Trinajstić information content (AvgIpc) is 2.81. The van der Waals surface area contributed by atoms with E-state index >= 15 is 0 Å². The van der Waals surface area contributed by atoms with Gasteiger partial charge in [-0.3, -0.25) is 14.8 Å². The number of benzene rings is 2. The Kier molecular flexibility index (Phi) is 8.30. The summed E-state index contributed by atoms with van der Waals surface area (Å²) in [5.41, 5.74) is -0.410. The van der Waals surface area contributed by atoms with Gasteiger partial charge in [-0.1, -0.05) is 24.0 Å². The summed E-state index contributed by atoms with van der Waals surface area (Å²) in [4.78, 5) is 36.3. The van der Waals surface area contributed by atoms with Crippen LogP contribution in [0, 0.1) is 11.8 Å². The van der Waals surface area contributed by atoms with Crippen molar-refractivity contribution < 1.29 is 33.5 Å². The highest BCUT2D eigenvalue weighted by atomic mass is 19.3. The van der Waals surface area contributed by atoms with Crippen LogP contribution in [0.3, 0.4) is 0 Å². The summed E-state index contributed by atoms with van der Waals surface area (Å²) < 4.78 is 27.6. The van der Waals surface area contributed by atoms with Crippen LogP contribution in [-0.4, -0.2) is 53.2 Å². The van der Waals surface area contributed by atoms with Crippen LogP contribution in [0.5, 0.6) is 5.75 Å². The van der Waals surface area contributed by atoms with Crippen molar-refractivity contribution in [3.63, 3.8) is 0 Å². The van der Waals surface area contributed by atoms with E-state index in [9.17, 15) is 28.3 Å². The quantitative estimate of drug-likeness (QED) is 0.219. The number of carbonyl (C=O) groups is 3. The van der Waals surface area contributed by atoms with Gasteiger partial charge in [0.2, 0.25) is 0 Å². The second-order valence-electron chi connectivity index (χ2n) is 7.01. The molecule has 2 aromatic carbocycles. The van der Waals surface area contributed by atoms with Gasteiger partial charge in [0, 0.05) is 18.2 Å². The topological polar surface area (TPSA) is 140 Å². The van der Waals surface area contributed by atoms with Crippen molar-refractivity contribution in [1.82, 2.24) is 21.4 Å². The molecular formula is C22H22F2N4O5. The van der Waals surface area contributed by atoms with E-state index in [4.69, 9.17) is 5.21 Å². The minimum Gasteiger partial charge on any atom is -0.507 e. The number of phenols is 1. The summed E-state index contributed by atoms with van der Waals surface area (Å²) in [5.74, 6) is 3.34. The first kappa shape index (κ1) is 25.1. The van der Waals surface area contributed by atoms with Crippen LogP contribution in [0.15, 0.2) is 48.5 Å². The van der Waals surface area contributed by atoms with Crippen molar-refractivity contribution in [2.75, 3.05) is 7.05 Å². The van der Waals surface area contributed by atoms with Crippen molar-refractivity contribution in [2.24, 2.45) is 0 Å². The number of hydrogen-bond donors (Lipinski definition) is 6. The highest BCUT2D eigenvalue weighted by molar-refractivity contribution is 5.98. The molecule has 0 aromatic heterocycles. The molecule has 2 rings (SSSR count). The predicted octanol–water partition coefficient (Wildman–Crippen LogP) is 1.35. The van der Waals surface area contributed by atoms with Gasteiger partial charge in [0.05, 0.1) is 5.56 Å². The number of aromatic hydroxyl groups is 1. The van der Waals surface area contributed by atoms with Crippen LogP contribution < -0.4 is 21.4 Å². The fourth-order valence-corrected chi connectivity index (χ4v) is 2.75. The summed E-state index contributed by atoms with van der Waals surface area (Å²) in [7, 11) is 1.19. The van der Waals surface area contributed by atoms with Crippen molar-refractivity contribution in [3.8, 4) is 17.6 Å². The molecule has 11 heteroatoms. The van der Waals surface area contributed by atoms with Crippen LogP contribution in [0.2, 0.25) is 0 Å². The lowest BCUT2D eigenvalue weighted by atomic mass is 9.91. The summed E-state index contributed by atoms with van der Waals surface area (Å²) in [5, 5.41) is 24.9. The van der Waals surface area contributed by atoms with Gasteiger partial charge in [0.25, 0.3) is 18.2 Å². The molecule has 2 atom stereocenters. The lowest BCUT2D eigenvalue weighted by Crippen LogP contribution is -2.69. The number of alkyl halides is 2. The molecule has 0 radical (unpaired) electrons. The van der Waals surface area contributed by atoms with Gasteiger partial charge < -0.3 is 21.1 Å². The smallest absolute Gasteiger partial charge is 0.315 e. The number of urea groups is 1. The van der Waals surface area contributed by atoms with E-state index in [-0.39, 0.29) is 11.3 Å². The van der Waals surface area contributed by atoms with E-state index in [1.807, 2.05) is 5.32 Å². The van der Waals surface area contributed by atoms with Gasteiger partial charge in [-0.05, 0) is 43.3 Å². The lowest BCUT2D eigenvalue weighted by molar-refractivity contribution is -0.135. The molecule has 9 nitrogen and oxygen atoms in total. The molecule has 0 saturated carbocycles. The van der Waals surface area contributed by atoms with E-state index in [0.29, 0.717) is 11.1 Å². The SMILES string of the molecule is CNC(=O)NC(C)(C(F)F)[C@H](NC(=O)c1ccc(C#Cc2ccccc2O)cc1)C(=O)NO. The third-order valence-corrected chi connectivity index (χ3v) is 4.70. The molecule has 1 unspecified atom stereocenters. The van der Waals surface area contributed by atoms with Gasteiger partial charge in [-0.2, -0.15) is 0 Å². The van der Waals surface area contributed by atoms with Crippen LogP contribution in [0.4, 0.5) is 13.6 Å². The first-order valence-electron chi connectivity index (χ1n) is 9.55. The van der Waals surface area contributed by atoms with E-state index in [0.717, 1.165) is 6.92 Å². The first-order valence-corrected chi connectivity index (χ1v) is 9.55. The molecule has 4 amide bonds. The Hall–Kier alpha value is -4.17. The molecule has 0 spiro atoms. The second kappa shape index (κ2) is 10.9. The number of carbonyl (C=O) groups excluding carboxylic acids is 3. The minimum absolute atomic E-state index is 0.00964. The maximum Gasteiger partial charge on any atom is 0.315 e. The standard InChI is InChI=1S/C22H22F2N4O5/c1-22(20(23)24,27-21(32)25-2)17(19(31)28-33)26-18(30)15-11-8-13(9-12-15)7-10-14-5-3-4-6-16(14)29/h3-6,8-9,11-12,17,20,29,33H,1-2H3,(H,26,30)(H,28,31)(H2,25,27,32)/t17-,22?/m1/s1. The zero-order chi connectivity index (χ0) is 24.6. The van der Waals surface area contributed by atoms with Crippen LogP contribution in [0.1, 0.15) is 28.4 Å². The zero-order valence-electron chi connectivity index (χ0n) is 17.6. The molecule has 0 saturated heterocycles. The van der Waals surface area contributed by atoms with Crippen molar-refractivity contribution in [2.45, 2.75) is 24.9 Å². The van der Waals surface area contributed by atoms with Crippen LogP contribution >= 0.6 is 0 Å². The molecule has 0 fully saturated rings. The first-order chi connectivity index (χ1) is 15.6. The summed E-state index contributed by atoms with van der Waals surface area (Å²) in [6.07, 6.45) is -3.29. The third-order valence-electron chi connectivity index (χ3n) is 4.70. The lowest BCUT2D eigenvalue weighted by Gasteiger charge is -2.36. The summed E-state index contributed by atoms with van der Waals surface area (Å²) in [6.45, 7) is 0.852. The minimum atomic E-state index is -3.29. The van der Waals surface area contributed by atoms with Crippen molar-refractivity contribution in [3.05, 3.63) is 65.2 Å². The second-order valence-corrected chi connectivity index (χ2v) is 7.01. The van der Waals surface area contributed by atoms with Gasteiger partial charge in [0.1, 0.15) is 17.3 Å². The van der Waals surface area contributed by atoms with Crippen molar-refractivity contribution >= 4 is 17.8 Å². The Bertz CT molecular complexity index is 1080. The van der Waals surface area contributed by atoms with Gasteiger partial charge in [0.15, 0.2) is 0 Å². The maximum atomic E-state index is 13.8. The highest BCUT2D eigenvalue weighted by Gasteiger charge is 2.48. The Morgan fingerprint density at radius 3 is 2.21 bits per heavy atom. The Labute approximate surface area is 188 Å². The predicted molar refractivity (Wildman–Crippen MR) is 114 cm³/mol. The average molecular weight is 460 g/mol. The molecule has 6 N–H and O–H groups in total. The number of amides is 4. The largest absolute Gasteiger partial charge is 0.507 e. The van der Waals surface area contributed by atoms with Gasteiger partial charge in [-0.15, -0.1) is 0 Å². The van der Waals surface area contributed by atoms with E-state index in [2.05, 4.69) is 22.5 Å². The summed E-state index contributed by atoms with van der Waals surface area (Å²) in [6, 6.07) is 9.11. The van der Waals surface area contributed by atoms with E-state index < -0.39 is 35.9 Å². The Balaban J connectivity index is 2.25. The molecule has 0 aliphatic carbocycles. The zero-order valence-corrected chi connectivity index (χ0v) is 17.6.